The fraction of sp³-hybridized carbons (Fsp3) is 0.800. The third-order valence-electron chi connectivity index (χ3n) is 2.14. The number of likely N-dealkylation sites (tertiary alicyclic amines) is 1. The fourth-order valence-corrected chi connectivity index (χ4v) is 1.47. The van der Waals surface area contributed by atoms with Gasteiger partial charge in [-0.25, -0.2) is 9.18 Å². The summed E-state index contributed by atoms with van der Waals surface area (Å²) >= 11 is 0. The van der Waals surface area contributed by atoms with Crippen LogP contribution in [0.1, 0.15) is 27.2 Å². The third-order valence-corrected chi connectivity index (χ3v) is 2.14. The highest BCUT2D eigenvalue weighted by Gasteiger charge is 2.39. The van der Waals surface area contributed by atoms with Gasteiger partial charge in [0.1, 0.15) is 24.1 Å². The van der Waals surface area contributed by atoms with E-state index in [-0.39, 0.29) is 13.0 Å². The first-order valence-corrected chi connectivity index (χ1v) is 4.94. The van der Waals surface area contributed by atoms with Crippen LogP contribution in [-0.4, -0.2) is 41.6 Å². The Labute approximate surface area is 88.4 Å². The van der Waals surface area contributed by atoms with Crippen molar-refractivity contribution in [3.8, 4) is 0 Å². The molecule has 15 heavy (non-hydrogen) atoms. The molecule has 1 fully saturated rings. The van der Waals surface area contributed by atoms with Crippen LogP contribution in [0.5, 0.6) is 0 Å². The SMILES string of the molecule is CC(C)(C)OC(=O)N1CCC(F)C1C=O. The van der Waals surface area contributed by atoms with E-state index in [4.69, 9.17) is 4.74 Å². The summed E-state index contributed by atoms with van der Waals surface area (Å²) < 4.78 is 18.2. The Morgan fingerprint density at radius 3 is 2.60 bits per heavy atom. The summed E-state index contributed by atoms with van der Waals surface area (Å²) in [7, 11) is 0. The molecule has 1 amide bonds. The third kappa shape index (κ3) is 2.91. The first kappa shape index (κ1) is 11.9. The number of hydrogen-bond donors (Lipinski definition) is 0. The van der Waals surface area contributed by atoms with Gasteiger partial charge < -0.3 is 9.53 Å². The molecule has 4 nitrogen and oxygen atoms in total. The summed E-state index contributed by atoms with van der Waals surface area (Å²) in [6.45, 7) is 5.41. The van der Waals surface area contributed by atoms with Crippen LogP contribution < -0.4 is 0 Å². The molecule has 1 heterocycles. The van der Waals surface area contributed by atoms with Gasteiger partial charge in [-0.05, 0) is 27.2 Å². The maximum absolute atomic E-state index is 13.2. The number of nitrogens with zero attached hydrogens (tertiary/aromatic N) is 1. The van der Waals surface area contributed by atoms with Crippen LogP contribution >= 0.6 is 0 Å². The molecule has 2 atom stereocenters. The molecule has 0 saturated carbocycles. The van der Waals surface area contributed by atoms with E-state index in [1.807, 2.05) is 0 Å². The van der Waals surface area contributed by atoms with Crippen LogP contribution in [0, 0.1) is 0 Å². The largest absolute Gasteiger partial charge is 0.444 e. The van der Waals surface area contributed by atoms with Gasteiger partial charge in [-0.3, -0.25) is 4.90 Å². The van der Waals surface area contributed by atoms with E-state index < -0.39 is 23.9 Å². The van der Waals surface area contributed by atoms with Gasteiger partial charge >= 0.3 is 6.09 Å². The van der Waals surface area contributed by atoms with Crippen molar-refractivity contribution in [3.05, 3.63) is 0 Å². The number of ether oxygens (including phenoxy) is 1. The van der Waals surface area contributed by atoms with Gasteiger partial charge in [0.15, 0.2) is 0 Å². The highest BCUT2D eigenvalue weighted by Crippen LogP contribution is 2.22. The lowest BCUT2D eigenvalue weighted by Crippen LogP contribution is -2.42. The molecule has 86 valence electrons. The zero-order valence-corrected chi connectivity index (χ0v) is 9.20. The number of amides is 1. The molecule has 0 aromatic rings. The molecule has 0 bridgehead atoms. The highest BCUT2D eigenvalue weighted by atomic mass is 19.1. The predicted molar refractivity (Wildman–Crippen MR) is 52.3 cm³/mol. The van der Waals surface area contributed by atoms with Crippen molar-refractivity contribution in [2.75, 3.05) is 6.54 Å². The molecular formula is C10H16FNO3. The van der Waals surface area contributed by atoms with Gasteiger partial charge in [0.2, 0.25) is 0 Å². The zero-order chi connectivity index (χ0) is 11.6. The summed E-state index contributed by atoms with van der Waals surface area (Å²) in [5.74, 6) is 0. The second-order valence-electron chi connectivity index (χ2n) is 4.61. The van der Waals surface area contributed by atoms with Crippen LogP contribution in [0.2, 0.25) is 0 Å². The monoisotopic (exact) mass is 217 g/mol. The Morgan fingerprint density at radius 2 is 2.13 bits per heavy atom. The lowest BCUT2D eigenvalue weighted by Gasteiger charge is -2.26. The minimum atomic E-state index is -1.27. The molecule has 0 N–H and O–H groups in total. The molecule has 1 saturated heterocycles. The summed E-state index contributed by atoms with van der Waals surface area (Å²) in [6, 6.07) is -0.986. The van der Waals surface area contributed by atoms with Crippen LogP contribution in [0.3, 0.4) is 0 Å². The quantitative estimate of drug-likeness (QED) is 0.626. The van der Waals surface area contributed by atoms with E-state index in [0.717, 1.165) is 4.90 Å². The maximum atomic E-state index is 13.2. The Hall–Kier alpha value is -1.13. The number of aldehydes is 1. The van der Waals surface area contributed by atoms with E-state index in [2.05, 4.69) is 0 Å². The molecular weight excluding hydrogens is 201 g/mol. The first-order valence-electron chi connectivity index (χ1n) is 4.94. The van der Waals surface area contributed by atoms with Gasteiger partial charge in [-0.1, -0.05) is 0 Å². The Bertz CT molecular complexity index is 262. The summed E-state index contributed by atoms with van der Waals surface area (Å²) in [4.78, 5) is 23.3. The van der Waals surface area contributed by atoms with Crippen molar-refractivity contribution in [1.82, 2.24) is 4.90 Å². The second kappa shape index (κ2) is 4.16. The van der Waals surface area contributed by atoms with Crippen molar-refractivity contribution in [2.24, 2.45) is 0 Å². The Morgan fingerprint density at radius 1 is 1.53 bits per heavy atom. The van der Waals surface area contributed by atoms with Crippen molar-refractivity contribution in [2.45, 2.75) is 45.0 Å². The lowest BCUT2D eigenvalue weighted by atomic mass is 10.2. The summed E-state index contributed by atoms with van der Waals surface area (Å²) in [5.41, 5.74) is -0.626. The molecule has 0 aromatic heterocycles. The van der Waals surface area contributed by atoms with E-state index in [0.29, 0.717) is 6.29 Å². The lowest BCUT2D eigenvalue weighted by molar-refractivity contribution is -0.112. The molecule has 0 radical (unpaired) electrons. The minimum Gasteiger partial charge on any atom is -0.444 e. The van der Waals surface area contributed by atoms with Gasteiger partial charge in [0.25, 0.3) is 0 Å². The number of carbonyl (C=O) groups is 2. The molecule has 1 aliphatic rings. The molecule has 5 heteroatoms. The molecule has 1 rings (SSSR count). The fourth-order valence-electron chi connectivity index (χ4n) is 1.47. The van der Waals surface area contributed by atoms with Crippen LogP contribution in [0.25, 0.3) is 0 Å². The van der Waals surface area contributed by atoms with Crippen LogP contribution in [0.15, 0.2) is 0 Å². The topological polar surface area (TPSA) is 46.6 Å². The van der Waals surface area contributed by atoms with Gasteiger partial charge in [-0.2, -0.15) is 0 Å². The number of halogens is 1. The minimum absolute atomic E-state index is 0.197. The van der Waals surface area contributed by atoms with Crippen LogP contribution in [0.4, 0.5) is 9.18 Å². The van der Waals surface area contributed by atoms with E-state index >= 15 is 0 Å². The van der Waals surface area contributed by atoms with Crippen LogP contribution in [-0.2, 0) is 9.53 Å². The number of rotatable bonds is 1. The van der Waals surface area contributed by atoms with Gasteiger partial charge in [0, 0.05) is 6.54 Å². The average molecular weight is 217 g/mol. The summed E-state index contributed by atoms with van der Waals surface area (Å²) in [5, 5.41) is 0. The van der Waals surface area contributed by atoms with E-state index in [1.165, 1.54) is 0 Å². The van der Waals surface area contributed by atoms with E-state index in [1.54, 1.807) is 20.8 Å². The van der Waals surface area contributed by atoms with Crippen molar-refractivity contribution in [1.29, 1.82) is 0 Å². The Kier molecular flexibility index (Phi) is 3.31. The average Bonchev–Trinajstić information content (AvgIpc) is 2.43. The first-order chi connectivity index (χ1) is 6.85. The second-order valence-corrected chi connectivity index (χ2v) is 4.61. The van der Waals surface area contributed by atoms with Gasteiger partial charge in [0.05, 0.1) is 0 Å². The molecule has 0 spiro atoms. The number of hydrogen-bond acceptors (Lipinski definition) is 3. The highest BCUT2D eigenvalue weighted by molar-refractivity contribution is 5.75. The predicted octanol–water partition coefficient (Wildman–Crippen LogP) is 1.53. The standard InChI is InChI=1S/C10H16FNO3/c1-10(2,3)15-9(14)12-5-4-7(11)8(12)6-13/h6-8H,4-5H2,1-3H3. The number of carbonyl (C=O) groups excluding carboxylic acids is 2. The molecule has 0 aliphatic carbocycles. The van der Waals surface area contributed by atoms with Crippen molar-refractivity contribution in [3.63, 3.8) is 0 Å². The maximum Gasteiger partial charge on any atom is 0.410 e. The summed E-state index contributed by atoms with van der Waals surface area (Å²) in [6.07, 6.45) is -1.24. The number of alkyl halides is 1. The normalized spacial score (nSPS) is 26.5. The molecule has 1 aliphatic heterocycles. The van der Waals surface area contributed by atoms with Gasteiger partial charge in [-0.15, -0.1) is 0 Å². The smallest absolute Gasteiger partial charge is 0.410 e. The van der Waals surface area contributed by atoms with E-state index in [9.17, 15) is 14.0 Å². The molecule has 0 aromatic carbocycles. The zero-order valence-electron chi connectivity index (χ0n) is 9.20. The molecule has 2 unspecified atom stereocenters. The Balaban J connectivity index is 2.64. The van der Waals surface area contributed by atoms with Crippen molar-refractivity contribution >= 4 is 12.4 Å². The van der Waals surface area contributed by atoms with Crippen molar-refractivity contribution < 1.29 is 18.7 Å².